The van der Waals surface area contributed by atoms with Gasteiger partial charge in [-0.2, -0.15) is 5.10 Å². The molecule has 1 aromatic carbocycles. The number of urea groups is 1. The molecule has 2 aromatic heterocycles. The first kappa shape index (κ1) is 26.2. The van der Waals surface area contributed by atoms with Crippen molar-refractivity contribution < 1.29 is 14.4 Å². The van der Waals surface area contributed by atoms with E-state index in [9.17, 15) is 14.4 Å². The number of nitrogens with two attached hydrogens (primary N) is 1. The number of nitrogens with zero attached hydrogens (tertiary/aromatic N) is 5. The monoisotopic (exact) mass is 523 g/mol. The Bertz CT molecular complexity index is 1340. The van der Waals surface area contributed by atoms with Gasteiger partial charge in [-0.3, -0.25) is 24.1 Å². The molecule has 4 rings (SSSR count). The molecule has 10 nitrogen and oxygen atoms in total. The predicted octanol–water partition coefficient (Wildman–Crippen LogP) is 3.25. The maximum absolute atomic E-state index is 13.6. The number of β-lactam (4-membered cyclic amide) rings is 1. The number of hydrogen-bond acceptors (Lipinski definition) is 6. The molecule has 3 heterocycles. The average Bonchev–Trinajstić information content (AvgIpc) is 3.31. The molecule has 11 heteroatoms. The molecule has 0 bridgehead atoms. The van der Waals surface area contributed by atoms with Crippen LogP contribution in [0.1, 0.15) is 36.1 Å². The third kappa shape index (κ3) is 5.29. The van der Waals surface area contributed by atoms with E-state index in [4.69, 9.17) is 17.3 Å². The number of pyridine rings is 1. The lowest BCUT2D eigenvalue weighted by Crippen LogP contribution is -2.70. The van der Waals surface area contributed by atoms with Crippen LogP contribution in [-0.2, 0) is 23.1 Å². The molecule has 0 aliphatic carbocycles. The highest BCUT2D eigenvalue weighted by molar-refractivity contribution is 6.31. The molecule has 3 N–H and O–H groups in total. The fourth-order valence-electron chi connectivity index (χ4n) is 4.49. The lowest BCUT2D eigenvalue weighted by molar-refractivity contribution is -0.156. The van der Waals surface area contributed by atoms with E-state index in [0.29, 0.717) is 23.1 Å². The standard InChI is InChI=1S/C26H30ClN7O3/c1-5-20(17-7-6-15(2)19(27)14-17)30-26(37)34-23(25(36)33(4)22-9-11-32(3)31-22)18(24(34)35)12-16-8-10-29-21(28)13-16/h6-11,13-14,18,20,23H,5,12H2,1-4H3,(H2,28,29)(H,30,37)/t18-,20-,23+/m1/s1. The molecule has 1 saturated heterocycles. The second-order valence-corrected chi connectivity index (χ2v) is 9.62. The molecule has 1 aliphatic rings. The molecular weight excluding hydrogens is 494 g/mol. The zero-order valence-corrected chi connectivity index (χ0v) is 21.9. The molecule has 1 fully saturated rings. The second kappa shape index (κ2) is 10.6. The number of carbonyl (C=O) groups excluding carboxylic acids is 3. The smallest absolute Gasteiger partial charge is 0.325 e. The number of benzene rings is 1. The fraction of sp³-hybridized carbons (Fsp3) is 0.346. The number of nitrogens with one attached hydrogen (secondary N) is 1. The van der Waals surface area contributed by atoms with Gasteiger partial charge in [0, 0.05) is 37.6 Å². The van der Waals surface area contributed by atoms with Gasteiger partial charge in [0.15, 0.2) is 5.82 Å². The van der Waals surface area contributed by atoms with Crippen molar-refractivity contribution in [3.8, 4) is 0 Å². The maximum Gasteiger partial charge on any atom is 0.325 e. The number of aromatic nitrogens is 3. The van der Waals surface area contributed by atoms with Gasteiger partial charge in [0.05, 0.1) is 12.0 Å². The van der Waals surface area contributed by atoms with Gasteiger partial charge in [-0.15, -0.1) is 0 Å². The van der Waals surface area contributed by atoms with Crippen LogP contribution in [0.25, 0.3) is 0 Å². The highest BCUT2D eigenvalue weighted by Gasteiger charge is 2.55. The summed E-state index contributed by atoms with van der Waals surface area (Å²) >= 11 is 6.29. The summed E-state index contributed by atoms with van der Waals surface area (Å²) in [5.74, 6) is -0.848. The summed E-state index contributed by atoms with van der Waals surface area (Å²) in [5, 5.41) is 7.78. The van der Waals surface area contributed by atoms with E-state index in [2.05, 4.69) is 15.4 Å². The zero-order chi connectivity index (χ0) is 26.9. The van der Waals surface area contributed by atoms with Gasteiger partial charge in [-0.1, -0.05) is 30.7 Å². The van der Waals surface area contributed by atoms with Crippen LogP contribution in [0.15, 0.2) is 48.8 Å². The van der Waals surface area contributed by atoms with Gasteiger partial charge in [-0.25, -0.2) is 9.78 Å². The SMILES string of the molecule is CC[C@@H](NC(=O)N1C(=O)[C@H](Cc2ccnc(N)c2)[C@H]1C(=O)N(C)c1ccn(C)n1)c1ccc(C)c(Cl)c1. The number of aryl methyl sites for hydroxylation is 2. The van der Waals surface area contributed by atoms with Crippen LogP contribution in [0.2, 0.25) is 5.02 Å². The summed E-state index contributed by atoms with van der Waals surface area (Å²) in [5.41, 5.74) is 8.30. The summed E-state index contributed by atoms with van der Waals surface area (Å²) in [6, 6.07) is 8.64. The van der Waals surface area contributed by atoms with E-state index < -0.39 is 29.8 Å². The average molecular weight is 524 g/mol. The number of likely N-dealkylation sites (tertiary alicyclic amines) is 1. The molecule has 3 atom stereocenters. The molecular formula is C26H30ClN7O3. The predicted molar refractivity (Wildman–Crippen MR) is 141 cm³/mol. The van der Waals surface area contributed by atoms with Crippen LogP contribution in [0.4, 0.5) is 16.4 Å². The summed E-state index contributed by atoms with van der Waals surface area (Å²) in [6.07, 6.45) is 4.07. The molecule has 194 valence electrons. The third-order valence-electron chi connectivity index (χ3n) is 6.66. The van der Waals surface area contributed by atoms with Crippen molar-refractivity contribution in [2.24, 2.45) is 13.0 Å². The van der Waals surface area contributed by atoms with Crippen molar-refractivity contribution in [3.63, 3.8) is 0 Å². The Morgan fingerprint density at radius 3 is 2.62 bits per heavy atom. The minimum atomic E-state index is -1.01. The van der Waals surface area contributed by atoms with Gasteiger partial charge < -0.3 is 11.1 Å². The van der Waals surface area contributed by atoms with Crippen LogP contribution in [0.5, 0.6) is 0 Å². The van der Waals surface area contributed by atoms with Gasteiger partial charge >= 0.3 is 6.03 Å². The van der Waals surface area contributed by atoms with Crippen LogP contribution in [0, 0.1) is 12.8 Å². The minimum Gasteiger partial charge on any atom is -0.384 e. The van der Waals surface area contributed by atoms with Crippen LogP contribution in [0.3, 0.4) is 0 Å². The summed E-state index contributed by atoms with van der Waals surface area (Å²) in [4.78, 5) is 46.7. The van der Waals surface area contributed by atoms with E-state index in [1.165, 1.54) is 4.90 Å². The molecule has 4 amide bonds. The van der Waals surface area contributed by atoms with Gasteiger partial charge in [0.1, 0.15) is 11.9 Å². The number of carbonyl (C=O) groups is 3. The Kier molecular flexibility index (Phi) is 7.49. The second-order valence-electron chi connectivity index (χ2n) is 9.22. The Morgan fingerprint density at radius 1 is 1.24 bits per heavy atom. The largest absolute Gasteiger partial charge is 0.384 e. The van der Waals surface area contributed by atoms with Gasteiger partial charge in [0.2, 0.25) is 5.91 Å². The molecule has 37 heavy (non-hydrogen) atoms. The van der Waals surface area contributed by atoms with Gasteiger partial charge in [-0.05, 0) is 54.7 Å². The third-order valence-corrected chi connectivity index (χ3v) is 7.07. The Labute approximate surface area is 220 Å². The number of nitrogen functional groups attached to an aromatic ring is 1. The van der Waals surface area contributed by atoms with E-state index >= 15 is 0 Å². The number of amides is 4. The molecule has 0 spiro atoms. The van der Waals surface area contributed by atoms with Crippen molar-refractivity contribution in [1.29, 1.82) is 0 Å². The zero-order valence-electron chi connectivity index (χ0n) is 21.2. The number of halogens is 1. The molecule has 3 aromatic rings. The molecule has 0 radical (unpaired) electrons. The van der Waals surface area contributed by atoms with Crippen LogP contribution >= 0.6 is 11.6 Å². The molecule has 1 aliphatic heterocycles. The highest BCUT2D eigenvalue weighted by Crippen LogP contribution is 2.33. The van der Waals surface area contributed by atoms with E-state index in [1.54, 1.807) is 55.4 Å². The Hall–Kier alpha value is -3.92. The maximum atomic E-state index is 13.6. The van der Waals surface area contributed by atoms with Crippen molar-refractivity contribution in [2.45, 2.75) is 38.8 Å². The number of likely N-dealkylation sites (N-methyl/N-ethyl adjacent to an activating group) is 1. The van der Waals surface area contributed by atoms with E-state index in [0.717, 1.165) is 21.6 Å². The summed E-state index contributed by atoms with van der Waals surface area (Å²) in [7, 11) is 3.32. The van der Waals surface area contributed by atoms with Crippen molar-refractivity contribution in [1.82, 2.24) is 25.0 Å². The van der Waals surface area contributed by atoms with Crippen molar-refractivity contribution >= 4 is 41.1 Å². The fourth-order valence-corrected chi connectivity index (χ4v) is 4.68. The van der Waals surface area contributed by atoms with E-state index in [-0.39, 0.29) is 12.5 Å². The van der Waals surface area contributed by atoms with Crippen molar-refractivity contribution in [2.75, 3.05) is 17.7 Å². The first-order valence-corrected chi connectivity index (χ1v) is 12.4. The molecule has 0 unspecified atom stereocenters. The topological polar surface area (TPSA) is 126 Å². The van der Waals surface area contributed by atoms with E-state index in [1.807, 2.05) is 26.0 Å². The Morgan fingerprint density at radius 2 is 2.00 bits per heavy atom. The summed E-state index contributed by atoms with van der Waals surface area (Å²) in [6.45, 7) is 3.82. The van der Waals surface area contributed by atoms with Gasteiger partial charge in [0.25, 0.3) is 5.91 Å². The van der Waals surface area contributed by atoms with Crippen LogP contribution < -0.4 is 16.0 Å². The lowest BCUT2D eigenvalue weighted by Gasteiger charge is -2.45. The highest BCUT2D eigenvalue weighted by atomic mass is 35.5. The number of hydrogen-bond donors (Lipinski definition) is 2. The molecule has 0 saturated carbocycles. The Balaban J connectivity index is 1.60. The first-order valence-electron chi connectivity index (χ1n) is 12.0. The van der Waals surface area contributed by atoms with Crippen molar-refractivity contribution in [3.05, 3.63) is 70.5 Å². The van der Waals surface area contributed by atoms with Crippen LogP contribution in [-0.4, -0.2) is 50.6 Å². The normalized spacial score (nSPS) is 17.8. The lowest BCUT2D eigenvalue weighted by atomic mass is 9.81. The quantitative estimate of drug-likeness (QED) is 0.458. The number of rotatable bonds is 7. The number of imide groups is 1. The first-order chi connectivity index (χ1) is 17.6. The minimum absolute atomic E-state index is 0.243. The number of anilines is 2. The summed E-state index contributed by atoms with van der Waals surface area (Å²) < 4.78 is 1.57.